The van der Waals surface area contributed by atoms with E-state index in [1.54, 1.807) is 0 Å². The third-order valence-corrected chi connectivity index (χ3v) is 2.53. The van der Waals surface area contributed by atoms with Crippen molar-refractivity contribution in [3.05, 3.63) is 0 Å². The van der Waals surface area contributed by atoms with Crippen molar-refractivity contribution in [2.24, 2.45) is 0 Å². The lowest BCUT2D eigenvalue weighted by Gasteiger charge is -2.28. The monoisotopic (exact) mass is 250 g/mol. The fourth-order valence-electron chi connectivity index (χ4n) is 1.56. The molecule has 4 nitrogen and oxygen atoms in total. The van der Waals surface area contributed by atoms with Gasteiger partial charge in [-0.05, 0) is 12.8 Å². The summed E-state index contributed by atoms with van der Waals surface area (Å²) in [6, 6.07) is 0. The number of nitrogens with zero attached hydrogens (tertiary/aromatic N) is 1. The molecule has 0 bridgehead atoms. The molecule has 1 aliphatic rings. The third kappa shape index (κ3) is 5.14. The number of hydrogen-bond donors (Lipinski definition) is 1. The van der Waals surface area contributed by atoms with Gasteiger partial charge in [-0.25, -0.2) is 0 Å². The van der Waals surface area contributed by atoms with E-state index < -0.39 is 0 Å². The van der Waals surface area contributed by atoms with Crippen molar-refractivity contribution < 1.29 is 9.53 Å². The van der Waals surface area contributed by atoms with E-state index in [0.717, 1.165) is 39.0 Å². The first-order valence-electron chi connectivity index (χ1n) is 5.88. The summed E-state index contributed by atoms with van der Waals surface area (Å²) in [7, 11) is 0. The highest BCUT2D eigenvalue weighted by Gasteiger charge is 2.20. The molecule has 1 rings (SSSR count). The zero-order valence-corrected chi connectivity index (χ0v) is 11.0. The Morgan fingerprint density at radius 3 is 2.25 bits per heavy atom. The second-order valence-electron chi connectivity index (χ2n) is 3.97. The highest BCUT2D eigenvalue weighted by atomic mass is 35.5. The molecular formula is C11H23ClN2O2. The molecule has 16 heavy (non-hydrogen) atoms. The summed E-state index contributed by atoms with van der Waals surface area (Å²) in [6.07, 6.45) is 2.27. The van der Waals surface area contributed by atoms with Gasteiger partial charge in [0.1, 0.15) is 6.61 Å². The molecule has 1 fully saturated rings. The molecule has 0 aliphatic carbocycles. The molecule has 1 amide bonds. The first-order chi connectivity index (χ1) is 7.27. The Morgan fingerprint density at radius 1 is 1.31 bits per heavy atom. The second kappa shape index (κ2) is 8.79. The van der Waals surface area contributed by atoms with E-state index in [4.69, 9.17) is 4.74 Å². The van der Waals surface area contributed by atoms with Crippen molar-refractivity contribution in [1.82, 2.24) is 10.2 Å². The minimum Gasteiger partial charge on any atom is -0.366 e. The molecule has 1 aliphatic heterocycles. The molecule has 0 radical (unpaired) electrons. The standard InChI is InChI=1S/C11H22N2O2.ClH/c1-3-5-13(6-4-2)11(14)9-15-10-7-12-8-10;/h10,12H,3-9H2,1-2H3;1H. The van der Waals surface area contributed by atoms with Crippen LogP contribution in [0.5, 0.6) is 0 Å². The van der Waals surface area contributed by atoms with Crippen molar-refractivity contribution in [2.75, 3.05) is 32.8 Å². The highest BCUT2D eigenvalue weighted by Crippen LogP contribution is 2.01. The topological polar surface area (TPSA) is 41.6 Å². The van der Waals surface area contributed by atoms with E-state index in [2.05, 4.69) is 19.2 Å². The maximum Gasteiger partial charge on any atom is 0.248 e. The number of ether oxygens (including phenoxy) is 1. The largest absolute Gasteiger partial charge is 0.366 e. The van der Waals surface area contributed by atoms with E-state index >= 15 is 0 Å². The maximum atomic E-state index is 11.7. The Kier molecular flexibility index (Phi) is 8.61. The SMILES string of the molecule is CCCN(CCC)C(=O)COC1CNC1.Cl. The van der Waals surface area contributed by atoms with E-state index in [9.17, 15) is 4.79 Å². The second-order valence-corrected chi connectivity index (χ2v) is 3.97. The Labute approximate surface area is 104 Å². The van der Waals surface area contributed by atoms with Crippen molar-refractivity contribution >= 4 is 18.3 Å². The smallest absolute Gasteiger partial charge is 0.248 e. The lowest BCUT2D eigenvalue weighted by atomic mass is 10.2. The van der Waals surface area contributed by atoms with E-state index in [1.165, 1.54) is 0 Å². The minimum atomic E-state index is 0. The number of hydrogen-bond acceptors (Lipinski definition) is 3. The van der Waals surface area contributed by atoms with Crippen LogP contribution in [-0.4, -0.2) is 49.7 Å². The summed E-state index contributed by atoms with van der Waals surface area (Å²) >= 11 is 0. The molecule has 0 spiro atoms. The van der Waals surface area contributed by atoms with Crippen LogP contribution in [0.4, 0.5) is 0 Å². The van der Waals surface area contributed by atoms with Gasteiger partial charge in [0.2, 0.25) is 5.91 Å². The fourth-order valence-corrected chi connectivity index (χ4v) is 1.56. The normalized spacial score (nSPS) is 15.1. The number of halogens is 1. The summed E-state index contributed by atoms with van der Waals surface area (Å²) in [4.78, 5) is 13.6. The Hall–Kier alpha value is -0.320. The van der Waals surface area contributed by atoms with Crippen LogP contribution in [0.2, 0.25) is 0 Å². The van der Waals surface area contributed by atoms with Crippen LogP contribution in [0.3, 0.4) is 0 Å². The Balaban J connectivity index is 0.00000225. The van der Waals surface area contributed by atoms with Crippen molar-refractivity contribution in [1.29, 1.82) is 0 Å². The molecule has 0 aromatic carbocycles. The molecule has 1 N–H and O–H groups in total. The van der Waals surface area contributed by atoms with Crippen molar-refractivity contribution in [2.45, 2.75) is 32.8 Å². The number of carbonyl (C=O) groups excluding carboxylic acids is 1. The zero-order valence-electron chi connectivity index (χ0n) is 10.2. The first kappa shape index (κ1) is 15.7. The van der Waals surface area contributed by atoms with Crippen molar-refractivity contribution in [3.63, 3.8) is 0 Å². The summed E-state index contributed by atoms with van der Waals surface area (Å²) in [5.41, 5.74) is 0. The van der Waals surface area contributed by atoms with E-state index in [1.807, 2.05) is 4.90 Å². The first-order valence-corrected chi connectivity index (χ1v) is 5.88. The number of rotatable bonds is 7. The molecule has 0 atom stereocenters. The van der Waals surface area contributed by atoms with Gasteiger partial charge in [0.25, 0.3) is 0 Å². The Bertz CT molecular complexity index is 192. The summed E-state index contributed by atoms with van der Waals surface area (Å²) in [5.74, 6) is 0.130. The maximum absolute atomic E-state index is 11.7. The van der Waals surface area contributed by atoms with Crippen LogP contribution in [0, 0.1) is 0 Å². The third-order valence-electron chi connectivity index (χ3n) is 2.53. The van der Waals surface area contributed by atoms with Gasteiger partial charge in [-0.3, -0.25) is 4.79 Å². The lowest BCUT2D eigenvalue weighted by Crippen LogP contribution is -2.50. The van der Waals surface area contributed by atoms with Gasteiger partial charge in [-0.1, -0.05) is 13.8 Å². The van der Waals surface area contributed by atoms with Gasteiger partial charge < -0.3 is 15.0 Å². The molecular weight excluding hydrogens is 228 g/mol. The molecule has 96 valence electrons. The molecule has 0 aromatic heterocycles. The summed E-state index contributed by atoms with van der Waals surface area (Å²) in [5, 5.41) is 3.11. The molecule has 1 heterocycles. The van der Waals surface area contributed by atoms with Gasteiger partial charge in [0.05, 0.1) is 6.10 Å². The molecule has 0 aromatic rings. The van der Waals surface area contributed by atoms with Gasteiger partial charge in [-0.15, -0.1) is 12.4 Å². The molecule has 5 heteroatoms. The summed E-state index contributed by atoms with van der Waals surface area (Å²) < 4.78 is 5.46. The molecule has 0 saturated carbocycles. The summed E-state index contributed by atoms with van der Waals surface area (Å²) in [6.45, 7) is 7.88. The predicted octanol–water partition coefficient (Wildman–Crippen LogP) is 1.05. The van der Waals surface area contributed by atoms with Gasteiger partial charge in [0, 0.05) is 26.2 Å². The minimum absolute atomic E-state index is 0. The fraction of sp³-hybridized carbons (Fsp3) is 0.909. The van der Waals surface area contributed by atoms with E-state index in [-0.39, 0.29) is 31.0 Å². The quantitative estimate of drug-likeness (QED) is 0.734. The average molecular weight is 251 g/mol. The molecule has 1 saturated heterocycles. The zero-order chi connectivity index (χ0) is 11.1. The van der Waals surface area contributed by atoms with Crippen LogP contribution < -0.4 is 5.32 Å². The highest BCUT2D eigenvalue weighted by molar-refractivity contribution is 5.85. The van der Waals surface area contributed by atoms with Crippen LogP contribution in [0.25, 0.3) is 0 Å². The van der Waals surface area contributed by atoms with Crippen LogP contribution in [-0.2, 0) is 9.53 Å². The average Bonchev–Trinajstić information content (AvgIpc) is 2.15. The number of amides is 1. The molecule has 0 unspecified atom stereocenters. The van der Waals surface area contributed by atoms with Crippen LogP contribution >= 0.6 is 12.4 Å². The lowest BCUT2D eigenvalue weighted by molar-refractivity contribution is -0.139. The predicted molar refractivity (Wildman–Crippen MR) is 67.0 cm³/mol. The Morgan fingerprint density at radius 2 is 1.88 bits per heavy atom. The van der Waals surface area contributed by atoms with Gasteiger partial charge in [0.15, 0.2) is 0 Å². The van der Waals surface area contributed by atoms with Gasteiger partial charge in [-0.2, -0.15) is 0 Å². The van der Waals surface area contributed by atoms with Crippen LogP contribution in [0.15, 0.2) is 0 Å². The van der Waals surface area contributed by atoms with Crippen molar-refractivity contribution in [3.8, 4) is 0 Å². The van der Waals surface area contributed by atoms with Crippen LogP contribution in [0.1, 0.15) is 26.7 Å². The van der Waals surface area contributed by atoms with E-state index in [0.29, 0.717) is 0 Å². The number of nitrogens with one attached hydrogen (secondary N) is 1. The number of carbonyl (C=O) groups is 1. The van der Waals surface area contributed by atoms with Gasteiger partial charge >= 0.3 is 0 Å².